The molecular weight excluding hydrogens is 528 g/mol. The molecule has 0 spiro atoms. The summed E-state index contributed by atoms with van der Waals surface area (Å²) in [6.45, 7) is 0. The molecule has 0 amide bonds. The van der Waals surface area contributed by atoms with Gasteiger partial charge in [0.25, 0.3) is 0 Å². The van der Waals surface area contributed by atoms with E-state index in [9.17, 15) is 9.59 Å². The summed E-state index contributed by atoms with van der Waals surface area (Å²) in [4.78, 5) is 25.2. The number of carbonyl (C=O) groups is 2. The van der Waals surface area contributed by atoms with Crippen LogP contribution in [0.25, 0.3) is 32.7 Å². The van der Waals surface area contributed by atoms with Crippen molar-refractivity contribution in [3.8, 4) is 34.1 Å². The number of para-hydroxylation sites is 2. The van der Waals surface area contributed by atoms with E-state index < -0.39 is 11.9 Å². The van der Waals surface area contributed by atoms with Gasteiger partial charge in [0.15, 0.2) is 0 Å². The smallest absolute Gasteiger partial charge is 0.341 e. The summed E-state index contributed by atoms with van der Waals surface area (Å²) in [5, 5.41) is 3.84. The van der Waals surface area contributed by atoms with Gasteiger partial charge in [-0.3, -0.25) is 0 Å². The van der Waals surface area contributed by atoms with Crippen molar-refractivity contribution >= 4 is 33.5 Å². The number of carbonyl (C=O) groups excluding carboxylic acids is 2. The molecule has 0 unspecified atom stereocenters. The van der Waals surface area contributed by atoms with Gasteiger partial charge in [0.05, 0.1) is 14.2 Å². The van der Waals surface area contributed by atoms with E-state index in [2.05, 4.69) is 0 Å². The van der Waals surface area contributed by atoms with Crippen LogP contribution in [0.5, 0.6) is 23.0 Å². The van der Waals surface area contributed by atoms with Gasteiger partial charge in [0.1, 0.15) is 34.1 Å². The molecule has 0 fully saturated rings. The zero-order chi connectivity index (χ0) is 29.1. The fourth-order valence-corrected chi connectivity index (χ4v) is 5.09. The van der Waals surface area contributed by atoms with E-state index in [-0.39, 0.29) is 0 Å². The number of hydrogen-bond acceptors (Lipinski definition) is 6. The first kappa shape index (κ1) is 26.6. The standard InChI is InChI=1S/C36H26O6/c1-39-35(37)27-15-7-9-17-29(27)41-31-21-19-23-11-3-5-13-25(23)33(31)34-26-14-6-4-12-24(26)20-22-32(34)42-30-18-10-8-16-28(30)36(38)40-2/h3-22H,1-2H3. The molecule has 6 aromatic rings. The van der Waals surface area contributed by atoms with Gasteiger partial charge in [-0.1, -0.05) is 84.9 Å². The predicted molar refractivity (Wildman–Crippen MR) is 163 cm³/mol. The third kappa shape index (κ3) is 4.90. The van der Waals surface area contributed by atoms with Crippen LogP contribution in [0.4, 0.5) is 0 Å². The van der Waals surface area contributed by atoms with E-state index in [1.54, 1.807) is 48.5 Å². The number of fused-ring (bicyclic) bond motifs is 2. The molecule has 0 aliphatic carbocycles. The number of hydrogen-bond donors (Lipinski definition) is 0. The topological polar surface area (TPSA) is 71.1 Å². The third-order valence-electron chi connectivity index (χ3n) is 7.06. The van der Waals surface area contributed by atoms with E-state index in [4.69, 9.17) is 18.9 Å². The van der Waals surface area contributed by atoms with Crippen LogP contribution >= 0.6 is 0 Å². The van der Waals surface area contributed by atoms with Gasteiger partial charge >= 0.3 is 11.9 Å². The summed E-state index contributed by atoms with van der Waals surface area (Å²) in [5.41, 5.74) is 2.16. The van der Waals surface area contributed by atoms with Crippen molar-refractivity contribution in [1.29, 1.82) is 0 Å². The Hall–Kier alpha value is -5.62. The van der Waals surface area contributed by atoms with Crippen LogP contribution in [0.1, 0.15) is 20.7 Å². The van der Waals surface area contributed by atoms with E-state index in [1.807, 2.05) is 72.8 Å². The summed E-state index contributed by atoms with van der Waals surface area (Å²) in [5.74, 6) is 0.766. The van der Waals surface area contributed by atoms with Crippen molar-refractivity contribution in [2.45, 2.75) is 0 Å². The van der Waals surface area contributed by atoms with Crippen LogP contribution in [-0.4, -0.2) is 26.2 Å². The summed E-state index contributed by atoms with van der Waals surface area (Å²) in [6.07, 6.45) is 0. The van der Waals surface area contributed by atoms with Crippen molar-refractivity contribution < 1.29 is 28.5 Å². The van der Waals surface area contributed by atoms with Crippen LogP contribution in [0, 0.1) is 0 Å². The first-order valence-electron chi connectivity index (χ1n) is 13.3. The fraction of sp³-hybridized carbons (Fsp3) is 0.0556. The Bertz CT molecular complexity index is 1820. The lowest BCUT2D eigenvalue weighted by atomic mass is 9.92. The van der Waals surface area contributed by atoms with Crippen LogP contribution in [0.3, 0.4) is 0 Å². The Labute approximate surface area is 242 Å². The van der Waals surface area contributed by atoms with E-state index in [0.29, 0.717) is 34.1 Å². The number of esters is 2. The molecule has 0 aliphatic rings. The highest BCUT2D eigenvalue weighted by molar-refractivity contribution is 6.10. The Morgan fingerprint density at radius 1 is 0.429 bits per heavy atom. The minimum absolute atomic E-state index is 0.306. The highest BCUT2D eigenvalue weighted by Crippen LogP contribution is 2.48. The molecule has 0 aliphatic heterocycles. The van der Waals surface area contributed by atoms with Crippen LogP contribution in [0.2, 0.25) is 0 Å². The highest BCUT2D eigenvalue weighted by Gasteiger charge is 2.23. The van der Waals surface area contributed by atoms with Crippen molar-refractivity contribution in [2.24, 2.45) is 0 Å². The van der Waals surface area contributed by atoms with Crippen molar-refractivity contribution in [3.63, 3.8) is 0 Å². The lowest BCUT2D eigenvalue weighted by Gasteiger charge is -2.20. The second-order valence-corrected chi connectivity index (χ2v) is 9.50. The van der Waals surface area contributed by atoms with Gasteiger partial charge in [-0.15, -0.1) is 0 Å². The Balaban J connectivity index is 1.63. The Morgan fingerprint density at radius 2 is 0.810 bits per heavy atom. The summed E-state index contributed by atoms with van der Waals surface area (Å²) < 4.78 is 23.1. The lowest BCUT2D eigenvalue weighted by molar-refractivity contribution is 0.0588. The summed E-state index contributed by atoms with van der Waals surface area (Å²) >= 11 is 0. The van der Waals surface area contributed by atoms with E-state index in [0.717, 1.165) is 32.7 Å². The zero-order valence-corrected chi connectivity index (χ0v) is 23.0. The molecule has 0 saturated carbocycles. The second kappa shape index (κ2) is 11.5. The van der Waals surface area contributed by atoms with Gasteiger partial charge in [0, 0.05) is 11.1 Å². The van der Waals surface area contributed by atoms with Gasteiger partial charge < -0.3 is 18.9 Å². The molecule has 0 aromatic heterocycles. The number of rotatable bonds is 7. The fourth-order valence-electron chi connectivity index (χ4n) is 5.09. The predicted octanol–water partition coefficient (Wildman–Crippen LogP) is 8.82. The van der Waals surface area contributed by atoms with Gasteiger partial charge in [-0.2, -0.15) is 0 Å². The summed E-state index contributed by atoms with van der Waals surface area (Å²) in [6, 6.07) is 37.7. The minimum atomic E-state index is -0.499. The molecule has 6 rings (SSSR count). The first-order chi connectivity index (χ1) is 20.6. The maximum absolute atomic E-state index is 12.6. The molecule has 0 radical (unpaired) electrons. The van der Waals surface area contributed by atoms with Crippen molar-refractivity contribution in [2.75, 3.05) is 14.2 Å². The largest absolute Gasteiger partial charge is 0.465 e. The quantitative estimate of drug-likeness (QED) is 0.184. The molecule has 0 bridgehead atoms. The van der Waals surface area contributed by atoms with Gasteiger partial charge in [-0.05, 0) is 57.9 Å². The van der Waals surface area contributed by atoms with Crippen LogP contribution in [-0.2, 0) is 9.47 Å². The van der Waals surface area contributed by atoms with Crippen LogP contribution in [0.15, 0.2) is 121 Å². The molecule has 0 atom stereocenters. The lowest BCUT2D eigenvalue weighted by Crippen LogP contribution is -2.04. The average molecular weight is 555 g/mol. The minimum Gasteiger partial charge on any atom is -0.465 e. The Morgan fingerprint density at radius 3 is 1.24 bits per heavy atom. The monoisotopic (exact) mass is 554 g/mol. The molecule has 206 valence electrons. The van der Waals surface area contributed by atoms with E-state index >= 15 is 0 Å². The van der Waals surface area contributed by atoms with Crippen molar-refractivity contribution in [3.05, 3.63) is 132 Å². The number of methoxy groups -OCH3 is 2. The highest BCUT2D eigenvalue weighted by atomic mass is 16.5. The molecule has 0 N–H and O–H groups in total. The average Bonchev–Trinajstić information content (AvgIpc) is 3.04. The summed E-state index contributed by atoms with van der Waals surface area (Å²) in [7, 11) is 2.68. The third-order valence-corrected chi connectivity index (χ3v) is 7.06. The maximum atomic E-state index is 12.6. The first-order valence-corrected chi connectivity index (χ1v) is 13.3. The Kier molecular flexibility index (Phi) is 7.26. The normalized spacial score (nSPS) is 10.8. The molecule has 6 nitrogen and oxygen atoms in total. The van der Waals surface area contributed by atoms with Crippen LogP contribution < -0.4 is 9.47 Å². The van der Waals surface area contributed by atoms with Gasteiger partial charge in [-0.25, -0.2) is 9.59 Å². The molecule has 0 saturated heterocycles. The SMILES string of the molecule is COC(=O)c1ccccc1Oc1ccc2ccccc2c1-c1c(Oc2ccccc2C(=O)OC)ccc2ccccc12. The number of benzene rings is 6. The molecular formula is C36H26O6. The number of ether oxygens (including phenoxy) is 4. The molecule has 0 heterocycles. The van der Waals surface area contributed by atoms with Gasteiger partial charge in [0.2, 0.25) is 0 Å². The van der Waals surface area contributed by atoms with Crippen molar-refractivity contribution in [1.82, 2.24) is 0 Å². The molecule has 42 heavy (non-hydrogen) atoms. The maximum Gasteiger partial charge on any atom is 0.341 e. The molecule has 6 heteroatoms. The second-order valence-electron chi connectivity index (χ2n) is 9.50. The molecule has 6 aromatic carbocycles. The van der Waals surface area contributed by atoms with E-state index in [1.165, 1.54) is 14.2 Å². The zero-order valence-electron chi connectivity index (χ0n) is 23.0.